The van der Waals surface area contributed by atoms with Gasteiger partial charge in [0.1, 0.15) is 0 Å². The maximum Gasteiger partial charge on any atom is 0.314 e. The summed E-state index contributed by atoms with van der Waals surface area (Å²) in [5.74, 6) is 0.618. The predicted octanol–water partition coefficient (Wildman–Crippen LogP) is 2.48. The van der Waals surface area contributed by atoms with Crippen molar-refractivity contribution in [1.82, 2.24) is 10.2 Å². The van der Waals surface area contributed by atoms with Crippen LogP contribution in [0, 0.1) is 5.92 Å². The highest BCUT2D eigenvalue weighted by Gasteiger charge is 2.30. The average Bonchev–Trinajstić information content (AvgIpc) is 2.40. The quantitative estimate of drug-likeness (QED) is 0.822. The van der Waals surface area contributed by atoms with Gasteiger partial charge in [0.2, 0.25) is 0 Å². The molecule has 2 atom stereocenters. The smallest absolute Gasteiger partial charge is 0.314 e. The first-order chi connectivity index (χ1) is 9.19. The number of hydrogen-bond donors (Lipinski definition) is 2. The second-order valence-electron chi connectivity index (χ2n) is 6.33. The van der Waals surface area contributed by atoms with Crippen molar-refractivity contribution in [3.05, 3.63) is 0 Å². The van der Waals surface area contributed by atoms with Crippen molar-refractivity contribution in [3.63, 3.8) is 0 Å². The predicted molar refractivity (Wildman–Crippen MR) is 78.0 cm³/mol. The summed E-state index contributed by atoms with van der Waals surface area (Å²) in [7, 11) is 0. The number of hydrogen-bond acceptors (Lipinski definition) is 2. The Bertz CT molecular complexity index is 289. The lowest BCUT2D eigenvalue weighted by molar-refractivity contribution is 0.140. The van der Waals surface area contributed by atoms with Gasteiger partial charge in [-0.15, -0.1) is 0 Å². The zero-order valence-electron chi connectivity index (χ0n) is 12.2. The molecule has 3 N–H and O–H groups in total. The first-order valence-corrected chi connectivity index (χ1v) is 7.99. The van der Waals surface area contributed by atoms with Gasteiger partial charge in [-0.2, -0.15) is 0 Å². The maximum absolute atomic E-state index is 11.5. The maximum atomic E-state index is 11.5. The number of urea groups is 1. The van der Waals surface area contributed by atoms with Crippen LogP contribution in [-0.2, 0) is 0 Å². The monoisotopic (exact) mass is 267 g/mol. The van der Waals surface area contributed by atoms with Gasteiger partial charge in [0.25, 0.3) is 0 Å². The van der Waals surface area contributed by atoms with Gasteiger partial charge in [0.15, 0.2) is 0 Å². The highest BCUT2D eigenvalue weighted by molar-refractivity contribution is 5.72. The molecule has 1 aliphatic heterocycles. The lowest BCUT2D eigenvalue weighted by atomic mass is 9.88. The number of amides is 2. The Hall–Kier alpha value is -0.770. The molecule has 0 aromatic carbocycles. The number of nitrogens with one attached hydrogen (secondary N) is 1. The molecule has 0 aromatic heterocycles. The van der Waals surface area contributed by atoms with E-state index >= 15 is 0 Å². The second-order valence-corrected chi connectivity index (χ2v) is 6.33. The summed E-state index contributed by atoms with van der Waals surface area (Å²) in [4.78, 5) is 13.3. The minimum atomic E-state index is -0.253. The molecule has 0 aromatic rings. The summed E-state index contributed by atoms with van der Waals surface area (Å²) in [5.41, 5.74) is 5.48. The molecule has 4 nitrogen and oxygen atoms in total. The van der Waals surface area contributed by atoms with Crippen molar-refractivity contribution in [3.8, 4) is 0 Å². The van der Waals surface area contributed by atoms with Crippen LogP contribution < -0.4 is 11.1 Å². The molecule has 2 unspecified atom stereocenters. The normalized spacial score (nSPS) is 29.4. The van der Waals surface area contributed by atoms with E-state index in [1.807, 2.05) is 4.90 Å². The van der Waals surface area contributed by atoms with Crippen LogP contribution in [0.5, 0.6) is 0 Å². The number of likely N-dealkylation sites (tertiary alicyclic amines) is 1. The van der Waals surface area contributed by atoms with Gasteiger partial charge in [-0.3, -0.25) is 0 Å². The van der Waals surface area contributed by atoms with Gasteiger partial charge >= 0.3 is 6.03 Å². The van der Waals surface area contributed by atoms with E-state index in [2.05, 4.69) is 12.2 Å². The molecule has 110 valence electrons. The average molecular weight is 267 g/mol. The summed E-state index contributed by atoms with van der Waals surface area (Å²) in [5, 5.41) is 3.78. The molecule has 2 fully saturated rings. The van der Waals surface area contributed by atoms with E-state index in [0.29, 0.717) is 18.0 Å². The van der Waals surface area contributed by atoms with Crippen molar-refractivity contribution >= 4 is 6.03 Å². The topological polar surface area (TPSA) is 58.4 Å². The number of rotatable bonds is 4. The Balaban J connectivity index is 1.88. The summed E-state index contributed by atoms with van der Waals surface area (Å²) < 4.78 is 0. The third kappa shape index (κ3) is 4.37. The number of nitrogens with two attached hydrogens (primary N) is 1. The number of carbonyl (C=O) groups excluding carboxylic acids is 1. The summed E-state index contributed by atoms with van der Waals surface area (Å²) in [6.45, 7) is 3.87. The third-order valence-electron chi connectivity index (χ3n) is 4.62. The van der Waals surface area contributed by atoms with Crippen LogP contribution in [0.3, 0.4) is 0 Å². The van der Waals surface area contributed by atoms with Gasteiger partial charge < -0.3 is 16.0 Å². The lowest BCUT2D eigenvalue weighted by Gasteiger charge is -2.39. The molecule has 1 heterocycles. The van der Waals surface area contributed by atoms with E-state index < -0.39 is 0 Å². The third-order valence-corrected chi connectivity index (χ3v) is 4.62. The molecule has 19 heavy (non-hydrogen) atoms. The molecule has 2 rings (SSSR count). The van der Waals surface area contributed by atoms with Gasteiger partial charge in [-0.1, -0.05) is 32.6 Å². The minimum absolute atomic E-state index is 0.253. The number of nitrogens with zero attached hydrogens (tertiary/aromatic N) is 1. The lowest BCUT2D eigenvalue weighted by Crippen LogP contribution is -2.54. The van der Waals surface area contributed by atoms with Crippen molar-refractivity contribution in [1.29, 1.82) is 0 Å². The van der Waals surface area contributed by atoms with E-state index in [9.17, 15) is 4.79 Å². The molecule has 2 amide bonds. The molecule has 1 aliphatic carbocycles. The highest BCUT2D eigenvalue weighted by Crippen LogP contribution is 2.24. The second kappa shape index (κ2) is 7.13. The summed E-state index contributed by atoms with van der Waals surface area (Å²) in [6.07, 6.45) is 10.3. The van der Waals surface area contributed by atoms with Crippen LogP contribution in [0.2, 0.25) is 0 Å². The van der Waals surface area contributed by atoms with Crippen LogP contribution in [0.1, 0.15) is 58.3 Å². The van der Waals surface area contributed by atoms with Crippen LogP contribution in [0.4, 0.5) is 4.79 Å². The van der Waals surface area contributed by atoms with Crippen LogP contribution in [0.25, 0.3) is 0 Å². The molecule has 0 bridgehead atoms. The fraction of sp³-hybridized carbons (Fsp3) is 0.933. The number of carbonyl (C=O) groups is 1. The van der Waals surface area contributed by atoms with E-state index in [1.54, 1.807) is 0 Å². The zero-order valence-corrected chi connectivity index (χ0v) is 12.2. The minimum Gasteiger partial charge on any atom is -0.351 e. The molecular weight excluding hydrogens is 238 g/mol. The Morgan fingerprint density at radius 2 is 1.95 bits per heavy atom. The van der Waals surface area contributed by atoms with Crippen molar-refractivity contribution in [2.45, 2.75) is 70.4 Å². The molecule has 0 radical (unpaired) electrons. The summed E-state index contributed by atoms with van der Waals surface area (Å²) >= 11 is 0. The van der Waals surface area contributed by atoms with E-state index in [-0.39, 0.29) is 6.03 Å². The molecule has 4 heteroatoms. The van der Waals surface area contributed by atoms with Crippen LogP contribution in [0.15, 0.2) is 0 Å². The van der Waals surface area contributed by atoms with Crippen LogP contribution in [-0.4, -0.2) is 36.1 Å². The Morgan fingerprint density at radius 1 is 1.21 bits per heavy atom. The number of primary amides is 1. The highest BCUT2D eigenvalue weighted by atomic mass is 16.2. The van der Waals surface area contributed by atoms with Crippen molar-refractivity contribution < 1.29 is 4.79 Å². The van der Waals surface area contributed by atoms with Crippen LogP contribution >= 0.6 is 0 Å². The Kier molecular flexibility index (Phi) is 5.49. The zero-order chi connectivity index (χ0) is 13.7. The molecule has 0 spiro atoms. The summed E-state index contributed by atoms with van der Waals surface area (Å²) in [6, 6.07) is 0.853. The van der Waals surface area contributed by atoms with Gasteiger partial charge in [0, 0.05) is 25.2 Å². The first kappa shape index (κ1) is 14.6. The molecule has 2 aliphatic rings. The Morgan fingerprint density at radius 3 is 2.58 bits per heavy atom. The first-order valence-electron chi connectivity index (χ1n) is 7.99. The standard InChI is InChI=1S/C15H29N3O/c1-2-6-12-9-14(11-18(10-12)15(16)19)17-13-7-4-3-5-8-13/h12-14,17H,2-11H2,1H3,(H2,16,19). The largest absolute Gasteiger partial charge is 0.351 e. The molecular formula is C15H29N3O. The van der Waals surface area contributed by atoms with Crippen molar-refractivity contribution in [2.75, 3.05) is 13.1 Å². The fourth-order valence-electron chi connectivity index (χ4n) is 3.72. The SMILES string of the molecule is CCCC1CC(NC2CCCCC2)CN(C(N)=O)C1. The molecule has 1 saturated carbocycles. The Labute approximate surface area is 117 Å². The van der Waals surface area contributed by atoms with Gasteiger partial charge in [-0.25, -0.2) is 4.79 Å². The fourth-order valence-corrected chi connectivity index (χ4v) is 3.72. The molecule has 1 saturated heterocycles. The van der Waals surface area contributed by atoms with E-state index in [0.717, 1.165) is 13.1 Å². The van der Waals surface area contributed by atoms with E-state index in [4.69, 9.17) is 5.73 Å². The van der Waals surface area contributed by atoms with Crippen molar-refractivity contribution in [2.24, 2.45) is 11.7 Å². The van der Waals surface area contributed by atoms with Gasteiger partial charge in [0.05, 0.1) is 0 Å². The van der Waals surface area contributed by atoms with Gasteiger partial charge in [-0.05, 0) is 31.6 Å². The van der Waals surface area contributed by atoms with E-state index in [1.165, 1.54) is 51.4 Å². The number of piperidine rings is 1.